The predicted octanol–water partition coefficient (Wildman–Crippen LogP) is 3.42. The van der Waals surface area contributed by atoms with Gasteiger partial charge < -0.3 is 10.2 Å². The topological polar surface area (TPSA) is 15.3 Å². The van der Waals surface area contributed by atoms with Gasteiger partial charge in [-0.2, -0.15) is 0 Å². The Morgan fingerprint density at radius 2 is 1.74 bits per heavy atom. The van der Waals surface area contributed by atoms with Crippen molar-refractivity contribution in [2.24, 2.45) is 11.8 Å². The fraction of sp³-hybridized carbons (Fsp3) is 1.00. The molecular weight excluding hydrogens is 232 g/mol. The summed E-state index contributed by atoms with van der Waals surface area (Å²) < 4.78 is 0. The summed E-state index contributed by atoms with van der Waals surface area (Å²) in [5.74, 6) is 2.00. The molecule has 1 aliphatic carbocycles. The quantitative estimate of drug-likeness (QED) is 0.837. The molecule has 2 saturated heterocycles. The number of fused-ring (bicyclic) bond motifs is 2. The smallest absolute Gasteiger partial charge is 0.0111 e. The van der Waals surface area contributed by atoms with Crippen LogP contribution in [0.4, 0.5) is 0 Å². The van der Waals surface area contributed by atoms with Crippen molar-refractivity contribution >= 4 is 0 Å². The Bertz CT molecular complexity index is 277. The highest BCUT2D eigenvalue weighted by Gasteiger charge is 2.38. The number of nitrogens with zero attached hydrogens (tertiary/aromatic N) is 1. The molecule has 1 N–H and O–H groups in total. The average Bonchev–Trinajstić information content (AvgIpc) is 2.63. The van der Waals surface area contributed by atoms with Crippen LogP contribution in [0.15, 0.2) is 0 Å². The Morgan fingerprint density at radius 3 is 2.42 bits per heavy atom. The molecule has 3 aliphatic rings. The number of hydrogen-bond donors (Lipinski definition) is 1. The van der Waals surface area contributed by atoms with Crippen molar-refractivity contribution in [2.45, 2.75) is 82.8 Å². The molecule has 3 fully saturated rings. The minimum absolute atomic E-state index is 0.815. The molecule has 19 heavy (non-hydrogen) atoms. The molecule has 0 aromatic carbocycles. The molecule has 1 saturated carbocycles. The van der Waals surface area contributed by atoms with E-state index in [1.165, 1.54) is 64.3 Å². The molecule has 2 bridgehead atoms. The minimum atomic E-state index is 0.815. The van der Waals surface area contributed by atoms with Crippen LogP contribution in [0.3, 0.4) is 0 Å². The van der Waals surface area contributed by atoms with Gasteiger partial charge in [-0.15, -0.1) is 0 Å². The Kier molecular flexibility index (Phi) is 4.48. The van der Waals surface area contributed by atoms with Crippen molar-refractivity contribution in [2.75, 3.05) is 13.6 Å². The van der Waals surface area contributed by atoms with Crippen LogP contribution in [0.1, 0.15) is 64.7 Å². The Labute approximate surface area is 119 Å². The van der Waals surface area contributed by atoms with Crippen LogP contribution >= 0.6 is 0 Å². The zero-order valence-electron chi connectivity index (χ0n) is 12.9. The van der Waals surface area contributed by atoms with Crippen LogP contribution in [-0.2, 0) is 0 Å². The monoisotopic (exact) mass is 264 g/mol. The summed E-state index contributed by atoms with van der Waals surface area (Å²) in [6, 6.07) is 2.58. The Morgan fingerprint density at radius 1 is 1.00 bits per heavy atom. The maximum absolute atomic E-state index is 3.88. The van der Waals surface area contributed by atoms with Gasteiger partial charge in [-0.3, -0.25) is 0 Å². The molecule has 4 unspecified atom stereocenters. The number of rotatable bonds is 4. The van der Waals surface area contributed by atoms with Gasteiger partial charge in [0.25, 0.3) is 0 Å². The van der Waals surface area contributed by atoms with E-state index < -0.39 is 0 Å². The lowest BCUT2D eigenvalue weighted by molar-refractivity contribution is 0.147. The van der Waals surface area contributed by atoms with Gasteiger partial charge in [0.05, 0.1) is 0 Å². The van der Waals surface area contributed by atoms with Crippen molar-refractivity contribution in [3.05, 3.63) is 0 Å². The van der Waals surface area contributed by atoms with E-state index in [0.29, 0.717) is 0 Å². The highest BCUT2D eigenvalue weighted by Crippen LogP contribution is 2.34. The second-order valence-corrected chi connectivity index (χ2v) is 7.60. The van der Waals surface area contributed by atoms with Crippen LogP contribution in [0.5, 0.6) is 0 Å². The summed E-state index contributed by atoms with van der Waals surface area (Å²) in [5, 5.41) is 3.88. The molecule has 3 rings (SSSR count). The second kappa shape index (κ2) is 6.13. The van der Waals surface area contributed by atoms with Crippen molar-refractivity contribution in [3.63, 3.8) is 0 Å². The van der Waals surface area contributed by atoms with E-state index in [-0.39, 0.29) is 0 Å². The zero-order valence-corrected chi connectivity index (χ0v) is 12.9. The van der Waals surface area contributed by atoms with Crippen molar-refractivity contribution in [3.8, 4) is 0 Å². The van der Waals surface area contributed by atoms with Gasteiger partial charge in [0.2, 0.25) is 0 Å². The normalized spacial score (nSPS) is 43.6. The van der Waals surface area contributed by atoms with E-state index in [1.54, 1.807) is 0 Å². The van der Waals surface area contributed by atoms with E-state index in [1.807, 2.05) is 0 Å². The van der Waals surface area contributed by atoms with Crippen LogP contribution in [0.2, 0.25) is 0 Å². The fourth-order valence-electron chi connectivity index (χ4n) is 4.89. The lowest BCUT2D eigenvalue weighted by Gasteiger charge is -2.37. The van der Waals surface area contributed by atoms with Crippen molar-refractivity contribution < 1.29 is 0 Å². The molecule has 0 radical (unpaired) electrons. The Hall–Kier alpha value is -0.0800. The molecule has 110 valence electrons. The van der Waals surface area contributed by atoms with Gasteiger partial charge >= 0.3 is 0 Å². The first kappa shape index (κ1) is 13.9. The molecule has 4 atom stereocenters. The predicted molar refractivity (Wildman–Crippen MR) is 81.3 cm³/mol. The number of hydrogen-bond acceptors (Lipinski definition) is 2. The largest absolute Gasteiger partial charge is 0.314 e. The number of piperidine rings is 1. The van der Waals surface area contributed by atoms with E-state index in [0.717, 1.165) is 30.0 Å². The summed E-state index contributed by atoms with van der Waals surface area (Å²) in [4.78, 5) is 2.64. The van der Waals surface area contributed by atoms with Crippen molar-refractivity contribution in [1.29, 1.82) is 0 Å². The van der Waals surface area contributed by atoms with Gasteiger partial charge in [0.1, 0.15) is 0 Å². The van der Waals surface area contributed by atoms with Crippen molar-refractivity contribution in [1.82, 2.24) is 10.2 Å². The van der Waals surface area contributed by atoms with Gasteiger partial charge in [0.15, 0.2) is 0 Å². The summed E-state index contributed by atoms with van der Waals surface area (Å²) >= 11 is 0. The first-order valence-corrected chi connectivity index (χ1v) is 8.67. The lowest BCUT2D eigenvalue weighted by Crippen LogP contribution is -2.47. The third-order valence-electron chi connectivity index (χ3n) is 6.13. The van der Waals surface area contributed by atoms with Gasteiger partial charge in [0, 0.05) is 18.1 Å². The van der Waals surface area contributed by atoms with E-state index >= 15 is 0 Å². The molecule has 0 amide bonds. The zero-order chi connectivity index (χ0) is 13.2. The first-order valence-electron chi connectivity index (χ1n) is 8.67. The molecule has 0 aromatic rings. The molecule has 2 aliphatic heterocycles. The molecule has 0 aromatic heterocycles. The minimum Gasteiger partial charge on any atom is -0.314 e. The molecule has 0 spiro atoms. The number of nitrogens with one attached hydrogen (secondary N) is 1. The van der Waals surface area contributed by atoms with Gasteiger partial charge in [-0.05, 0) is 64.0 Å². The highest BCUT2D eigenvalue weighted by molar-refractivity contribution is 4.95. The summed E-state index contributed by atoms with van der Waals surface area (Å²) in [7, 11) is 2.34. The van der Waals surface area contributed by atoms with Crippen LogP contribution in [-0.4, -0.2) is 36.6 Å². The van der Waals surface area contributed by atoms with Crippen LogP contribution < -0.4 is 5.32 Å². The molecule has 2 heterocycles. The third-order valence-corrected chi connectivity index (χ3v) is 6.13. The van der Waals surface area contributed by atoms with Crippen LogP contribution in [0.25, 0.3) is 0 Å². The van der Waals surface area contributed by atoms with E-state index in [2.05, 4.69) is 24.2 Å². The SMILES string of the molecule is CC1CCCC(CCNC2CC3CCC(C2)N3C)C1. The lowest BCUT2D eigenvalue weighted by atomic mass is 9.81. The maximum Gasteiger partial charge on any atom is 0.0111 e. The Balaban J connectivity index is 1.37. The summed E-state index contributed by atoms with van der Waals surface area (Å²) in [6.07, 6.45) is 13.0. The molecule has 2 heteroatoms. The fourth-order valence-corrected chi connectivity index (χ4v) is 4.89. The third kappa shape index (κ3) is 3.33. The van der Waals surface area contributed by atoms with Gasteiger partial charge in [-0.25, -0.2) is 0 Å². The average molecular weight is 264 g/mol. The highest BCUT2D eigenvalue weighted by atomic mass is 15.2. The first-order chi connectivity index (χ1) is 9.22. The van der Waals surface area contributed by atoms with E-state index in [4.69, 9.17) is 0 Å². The van der Waals surface area contributed by atoms with Gasteiger partial charge in [-0.1, -0.05) is 26.2 Å². The summed E-state index contributed by atoms with van der Waals surface area (Å²) in [6.45, 7) is 3.71. The van der Waals surface area contributed by atoms with Crippen LogP contribution in [0, 0.1) is 11.8 Å². The molecular formula is C17H32N2. The maximum atomic E-state index is 3.88. The van der Waals surface area contributed by atoms with E-state index in [9.17, 15) is 0 Å². The second-order valence-electron chi connectivity index (χ2n) is 7.60. The summed E-state index contributed by atoms with van der Waals surface area (Å²) in [5.41, 5.74) is 0. The standard InChI is InChI=1S/C17H32N2/c1-13-4-3-5-14(10-13)8-9-18-15-11-16-6-7-17(12-15)19(16)2/h13-18H,3-12H2,1-2H3. The molecule has 2 nitrogen and oxygen atoms in total.